The fourth-order valence-corrected chi connectivity index (χ4v) is 4.55. The first kappa shape index (κ1) is 24.1. The lowest BCUT2D eigenvalue weighted by molar-refractivity contribution is -0.141. The molecule has 1 aromatic rings. The summed E-state index contributed by atoms with van der Waals surface area (Å²) in [5, 5.41) is 3.33. The third-order valence-electron chi connectivity index (χ3n) is 6.12. The second-order valence-electron chi connectivity index (χ2n) is 8.58. The van der Waals surface area contributed by atoms with Gasteiger partial charge < -0.3 is 19.7 Å². The van der Waals surface area contributed by atoms with Gasteiger partial charge in [-0.1, -0.05) is 12.1 Å². The summed E-state index contributed by atoms with van der Waals surface area (Å²) in [7, 11) is 0. The lowest BCUT2D eigenvalue weighted by atomic mass is 9.75. The number of anilines is 1. The largest absolute Gasteiger partial charge is 0.460 e. The summed E-state index contributed by atoms with van der Waals surface area (Å²) in [6.07, 6.45) is 2.24. The highest BCUT2D eigenvalue weighted by Gasteiger charge is 2.39. The smallest absolute Gasteiger partial charge is 0.336 e. The lowest BCUT2D eigenvalue weighted by Gasteiger charge is -2.34. The first-order valence-electron chi connectivity index (χ1n) is 11.7. The zero-order valence-corrected chi connectivity index (χ0v) is 20.0. The van der Waals surface area contributed by atoms with E-state index in [4.69, 9.17) is 9.47 Å². The standard InChI is InChI=1S/C26H36N2O4/c1-6-28(7-2)20-13-11-19(12-14-20)24-23(26(30)32-16-15-31-17(3)4)18(5)27-21-9-8-10-22(29)25(21)24/h11-14,17,24,27H,6-10,15-16H2,1-5H3/t24-/m0/s1. The van der Waals surface area contributed by atoms with Crippen LogP contribution in [-0.4, -0.2) is 44.2 Å². The SMILES string of the molecule is CCN(CC)c1ccc([C@H]2C(C(=O)OCCOC(C)C)=C(C)NC3=C2C(=O)CCC3)cc1. The zero-order chi connectivity index (χ0) is 23.3. The molecule has 1 aliphatic carbocycles. The Kier molecular flexibility index (Phi) is 8.13. The maximum atomic E-state index is 13.2. The van der Waals surface area contributed by atoms with Crippen LogP contribution < -0.4 is 10.2 Å². The number of carbonyl (C=O) groups is 2. The molecule has 1 atom stereocenters. The van der Waals surface area contributed by atoms with E-state index in [1.54, 1.807) is 0 Å². The monoisotopic (exact) mass is 440 g/mol. The molecule has 3 rings (SSSR count). The molecule has 0 amide bonds. The predicted octanol–water partition coefficient (Wildman–Crippen LogP) is 4.47. The van der Waals surface area contributed by atoms with Crippen LogP contribution in [0.25, 0.3) is 0 Å². The van der Waals surface area contributed by atoms with Crippen LogP contribution in [0.5, 0.6) is 0 Å². The van der Waals surface area contributed by atoms with Gasteiger partial charge in [0.2, 0.25) is 0 Å². The van der Waals surface area contributed by atoms with Gasteiger partial charge in [0, 0.05) is 48.1 Å². The number of hydrogen-bond donors (Lipinski definition) is 1. The Balaban J connectivity index is 1.94. The van der Waals surface area contributed by atoms with Gasteiger partial charge in [0.25, 0.3) is 0 Å². The molecule has 0 unspecified atom stereocenters. The van der Waals surface area contributed by atoms with Gasteiger partial charge >= 0.3 is 5.97 Å². The predicted molar refractivity (Wildman–Crippen MR) is 127 cm³/mol. The number of carbonyl (C=O) groups excluding carboxylic acids is 2. The Morgan fingerprint density at radius 3 is 2.44 bits per heavy atom. The normalized spacial score (nSPS) is 18.6. The molecule has 0 fully saturated rings. The number of ether oxygens (including phenoxy) is 2. The number of ketones is 1. The molecule has 0 saturated carbocycles. The molecule has 0 spiro atoms. The van der Waals surface area contributed by atoms with Crippen molar-refractivity contribution in [1.82, 2.24) is 5.32 Å². The van der Waals surface area contributed by atoms with Crippen LogP contribution in [0.1, 0.15) is 65.4 Å². The molecule has 6 heteroatoms. The van der Waals surface area contributed by atoms with Gasteiger partial charge in [0.05, 0.1) is 18.3 Å². The van der Waals surface area contributed by atoms with E-state index in [0.717, 1.165) is 48.6 Å². The van der Waals surface area contributed by atoms with E-state index >= 15 is 0 Å². The minimum Gasteiger partial charge on any atom is -0.460 e. The van der Waals surface area contributed by atoms with Crippen LogP contribution >= 0.6 is 0 Å². The van der Waals surface area contributed by atoms with Crippen molar-refractivity contribution in [1.29, 1.82) is 0 Å². The van der Waals surface area contributed by atoms with Crippen molar-refractivity contribution < 1.29 is 19.1 Å². The molecule has 0 radical (unpaired) electrons. The number of nitrogens with one attached hydrogen (secondary N) is 1. The van der Waals surface area contributed by atoms with E-state index in [2.05, 4.69) is 36.2 Å². The number of hydrogen-bond acceptors (Lipinski definition) is 6. The van der Waals surface area contributed by atoms with Gasteiger partial charge in [-0.05, 0) is 65.2 Å². The summed E-state index contributed by atoms with van der Waals surface area (Å²) in [5.41, 5.74) is 4.99. The maximum absolute atomic E-state index is 13.2. The summed E-state index contributed by atoms with van der Waals surface area (Å²) < 4.78 is 11.1. The highest BCUT2D eigenvalue weighted by Crippen LogP contribution is 2.42. The number of allylic oxidation sites excluding steroid dienone is 3. The number of dihydropyridines is 1. The minimum atomic E-state index is -0.414. The summed E-state index contributed by atoms with van der Waals surface area (Å²) in [6.45, 7) is 12.4. The van der Waals surface area contributed by atoms with E-state index in [1.807, 2.05) is 32.9 Å². The van der Waals surface area contributed by atoms with Crippen molar-refractivity contribution in [3.8, 4) is 0 Å². The molecular weight excluding hydrogens is 404 g/mol. The first-order chi connectivity index (χ1) is 15.4. The Bertz CT molecular complexity index is 895. The average molecular weight is 441 g/mol. The molecular formula is C26H36N2O4. The van der Waals surface area contributed by atoms with Crippen molar-refractivity contribution in [3.05, 3.63) is 52.4 Å². The van der Waals surface area contributed by atoms with Crippen LogP contribution in [0.4, 0.5) is 5.69 Å². The van der Waals surface area contributed by atoms with Crippen molar-refractivity contribution in [2.75, 3.05) is 31.2 Å². The maximum Gasteiger partial charge on any atom is 0.336 e. The van der Waals surface area contributed by atoms with Crippen LogP contribution in [0.2, 0.25) is 0 Å². The van der Waals surface area contributed by atoms with Gasteiger partial charge in [0.1, 0.15) is 6.61 Å². The molecule has 2 aliphatic rings. The van der Waals surface area contributed by atoms with Crippen LogP contribution in [0.3, 0.4) is 0 Å². The molecule has 174 valence electrons. The second kappa shape index (κ2) is 10.8. The topological polar surface area (TPSA) is 67.9 Å². The third kappa shape index (κ3) is 5.23. The quantitative estimate of drug-likeness (QED) is 0.451. The second-order valence-corrected chi connectivity index (χ2v) is 8.58. The minimum absolute atomic E-state index is 0.0793. The van der Waals surface area contributed by atoms with Crippen molar-refractivity contribution in [2.45, 2.75) is 65.9 Å². The van der Waals surface area contributed by atoms with Crippen LogP contribution in [0.15, 0.2) is 46.8 Å². The van der Waals surface area contributed by atoms with Gasteiger partial charge in [-0.3, -0.25) is 4.79 Å². The molecule has 0 saturated heterocycles. The summed E-state index contributed by atoms with van der Waals surface area (Å²) in [5.74, 6) is -0.703. The first-order valence-corrected chi connectivity index (χ1v) is 11.7. The van der Waals surface area contributed by atoms with Crippen molar-refractivity contribution >= 4 is 17.4 Å². The Hall–Kier alpha value is -2.60. The van der Waals surface area contributed by atoms with Crippen molar-refractivity contribution in [2.24, 2.45) is 0 Å². The number of nitrogens with zero attached hydrogens (tertiary/aromatic N) is 1. The van der Waals surface area contributed by atoms with Gasteiger partial charge in [-0.25, -0.2) is 4.79 Å². The Morgan fingerprint density at radius 2 is 1.81 bits per heavy atom. The average Bonchev–Trinajstić information content (AvgIpc) is 2.77. The summed E-state index contributed by atoms with van der Waals surface area (Å²) in [4.78, 5) is 28.4. The number of Topliss-reactive ketones (excluding diaryl/α,β-unsaturated/α-hetero) is 1. The summed E-state index contributed by atoms with van der Waals surface area (Å²) in [6, 6.07) is 8.23. The van der Waals surface area contributed by atoms with E-state index in [1.165, 1.54) is 0 Å². The van der Waals surface area contributed by atoms with Crippen molar-refractivity contribution in [3.63, 3.8) is 0 Å². The number of rotatable bonds is 9. The molecule has 0 bridgehead atoms. The highest BCUT2D eigenvalue weighted by molar-refractivity contribution is 6.03. The number of benzene rings is 1. The third-order valence-corrected chi connectivity index (χ3v) is 6.12. The molecule has 1 aliphatic heterocycles. The van der Waals surface area contributed by atoms with E-state index in [-0.39, 0.29) is 18.5 Å². The molecule has 1 heterocycles. The Morgan fingerprint density at radius 1 is 1.12 bits per heavy atom. The van der Waals surface area contributed by atoms with E-state index in [0.29, 0.717) is 24.2 Å². The number of esters is 1. The van der Waals surface area contributed by atoms with E-state index in [9.17, 15) is 9.59 Å². The summed E-state index contributed by atoms with van der Waals surface area (Å²) >= 11 is 0. The van der Waals surface area contributed by atoms with Gasteiger partial charge in [0.15, 0.2) is 5.78 Å². The fraction of sp³-hybridized carbons (Fsp3) is 0.538. The highest BCUT2D eigenvalue weighted by atomic mass is 16.6. The molecule has 32 heavy (non-hydrogen) atoms. The molecule has 6 nitrogen and oxygen atoms in total. The van der Waals surface area contributed by atoms with Crippen LogP contribution in [-0.2, 0) is 19.1 Å². The van der Waals surface area contributed by atoms with Gasteiger partial charge in [-0.2, -0.15) is 0 Å². The lowest BCUT2D eigenvalue weighted by Crippen LogP contribution is -2.34. The zero-order valence-electron chi connectivity index (χ0n) is 20.0. The van der Waals surface area contributed by atoms with Gasteiger partial charge in [-0.15, -0.1) is 0 Å². The molecule has 1 N–H and O–H groups in total. The molecule has 0 aromatic heterocycles. The fourth-order valence-electron chi connectivity index (χ4n) is 4.55. The van der Waals surface area contributed by atoms with Crippen LogP contribution in [0, 0.1) is 0 Å². The molecule has 1 aromatic carbocycles. The Labute approximate surface area is 191 Å². The van der Waals surface area contributed by atoms with E-state index < -0.39 is 11.9 Å².